The van der Waals surface area contributed by atoms with Gasteiger partial charge in [0.25, 0.3) is 5.91 Å². The van der Waals surface area contributed by atoms with Crippen molar-refractivity contribution in [1.29, 1.82) is 0 Å². The number of allylic oxidation sites excluding steroid dienone is 1. The molecule has 4 heteroatoms. The second kappa shape index (κ2) is 3.88. The van der Waals surface area contributed by atoms with Crippen molar-refractivity contribution in [3.05, 3.63) is 18.2 Å². The lowest BCUT2D eigenvalue weighted by Gasteiger charge is -2.03. The van der Waals surface area contributed by atoms with Crippen LogP contribution in [0.25, 0.3) is 0 Å². The van der Waals surface area contributed by atoms with Gasteiger partial charge in [0.1, 0.15) is 0 Å². The molecule has 4 nitrogen and oxygen atoms in total. The van der Waals surface area contributed by atoms with Crippen LogP contribution in [-0.4, -0.2) is 30.4 Å². The lowest BCUT2D eigenvalue weighted by molar-refractivity contribution is -0.118. The molecule has 0 aromatic rings. The van der Waals surface area contributed by atoms with Gasteiger partial charge in [-0.05, 0) is 12.2 Å². The number of rotatable bonds is 3. The van der Waals surface area contributed by atoms with Crippen LogP contribution in [0.5, 0.6) is 0 Å². The molecule has 0 spiro atoms. The van der Waals surface area contributed by atoms with Crippen molar-refractivity contribution in [2.75, 3.05) is 13.2 Å². The average Bonchev–Trinajstić information content (AvgIpc) is 2.52. The van der Waals surface area contributed by atoms with Crippen LogP contribution in [0.4, 0.5) is 0 Å². The number of aliphatic hydroxyl groups is 1. The first-order valence-corrected chi connectivity index (χ1v) is 3.31. The molecule has 1 amide bonds. The summed E-state index contributed by atoms with van der Waals surface area (Å²) < 4.78 is 0. The van der Waals surface area contributed by atoms with Crippen LogP contribution in [0, 0.1) is 6.04 Å². The Morgan fingerprint density at radius 2 is 2.55 bits per heavy atom. The number of carbonyl (C=O) groups is 1. The lowest BCUT2D eigenvalue weighted by atomic mass is 10.3. The van der Waals surface area contributed by atoms with E-state index in [9.17, 15) is 4.79 Å². The highest BCUT2D eigenvalue weighted by Crippen LogP contribution is 2.07. The Balaban J connectivity index is 2.30. The average molecular weight is 153 g/mol. The molecule has 0 aromatic heterocycles. The van der Waals surface area contributed by atoms with Gasteiger partial charge in [-0.25, -0.2) is 0 Å². The number of nitrogens with zero attached hydrogens (tertiary/aromatic N) is 1. The maximum absolute atomic E-state index is 11.0. The van der Waals surface area contributed by atoms with Crippen molar-refractivity contribution in [2.45, 2.75) is 0 Å². The van der Waals surface area contributed by atoms with E-state index in [1.165, 1.54) is 0 Å². The van der Waals surface area contributed by atoms with Crippen LogP contribution in [-0.2, 0) is 4.79 Å². The third-order valence-corrected chi connectivity index (χ3v) is 1.18. The standard InChI is InChI=1S/C7H9N2O2/c10-5-4-9-7(11)6-2-1-3-8-6/h1-3,10H,4-5H2,(H,9,11). The van der Waals surface area contributed by atoms with Gasteiger partial charge in [-0.15, -0.1) is 0 Å². The largest absolute Gasteiger partial charge is 0.395 e. The topological polar surface area (TPSA) is 61.7 Å². The van der Waals surface area contributed by atoms with E-state index in [4.69, 9.17) is 5.11 Å². The Morgan fingerprint density at radius 1 is 1.73 bits per heavy atom. The van der Waals surface area contributed by atoms with E-state index in [1.807, 2.05) is 0 Å². The van der Waals surface area contributed by atoms with Gasteiger partial charge < -0.3 is 10.4 Å². The van der Waals surface area contributed by atoms with Gasteiger partial charge in [0.05, 0.1) is 6.61 Å². The highest BCUT2D eigenvalue weighted by molar-refractivity contribution is 5.97. The number of carbonyl (C=O) groups excluding carboxylic acids is 1. The lowest BCUT2D eigenvalue weighted by Crippen LogP contribution is -2.29. The molecule has 0 unspecified atom stereocenters. The summed E-state index contributed by atoms with van der Waals surface area (Å²) in [6.07, 6.45) is 4.86. The Morgan fingerprint density at radius 3 is 3.09 bits per heavy atom. The summed E-state index contributed by atoms with van der Waals surface area (Å²) in [5, 5.41) is 10.9. The van der Waals surface area contributed by atoms with Crippen molar-refractivity contribution in [1.82, 2.24) is 5.32 Å². The number of hydrogen-bond acceptors (Lipinski definition) is 3. The summed E-state index contributed by atoms with van der Waals surface area (Å²) in [4.78, 5) is 14.8. The van der Waals surface area contributed by atoms with E-state index in [2.05, 4.69) is 10.3 Å². The fraction of sp³-hybridized carbons (Fsp3) is 0.286. The predicted octanol–water partition coefficient (Wildman–Crippen LogP) is -0.733. The van der Waals surface area contributed by atoms with E-state index in [-0.39, 0.29) is 19.1 Å². The highest BCUT2D eigenvalue weighted by Gasteiger charge is 2.15. The number of aliphatic hydroxyl groups excluding tert-OH is 1. The van der Waals surface area contributed by atoms with Crippen LogP contribution in [0.2, 0.25) is 0 Å². The smallest absolute Gasteiger partial charge is 0.255 e. The Bertz CT molecular complexity index is 187. The zero-order chi connectivity index (χ0) is 8.10. The molecule has 0 atom stereocenters. The highest BCUT2D eigenvalue weighted by atomic mass is 16.3. The number of amides is 1. The van der Waals surface area contributed by atoms with Crippen LogP contribution < -0.4 is 5.32 Å². The summed E-state index contributed by atoms with van der Waals surface area (Å²) in [7, 11) is 0. The van der Waals surface area contributed by atoms with E-state index in [0.29, 0.717) is 6.04 Å². The van der Waals surface area contributed by atoms with Crippen molar-refractivity contribution < 1.29 is 9.90 Å². The first-order chi connectivity index (χ1) is 5.34. The fourth-order valence-corrected chi connectivity index (χ4v) is 0.695. The SMILES string of the molecule is O=C(NCCO)[C]1C=CC=N1. The zero-order valence-electron chi connectivity index (χ0n) is 5.95. The number of hydrogen-bond donors (Lipinski definition) is 2. The minimum Gasteiger partial charge on any atom is -0.395 e. The van der Waals surface area contributed by atoms with Gasteiger partial charge in [-0.1, -0.05) is 0 Å². The van der Waals surface area contributed by atoms with Crippen molar-refractivity contribution in [3.63, 3.8) is 0 Å². The minimum atomic E-state index is -0.246. The second-order valence-corrected chi connectivity index (χ2v) is 2.00. The van der Waals surface area contributed by atoms with E-state index in [1.54, 1.807) is 18.4 Å². The summed E-state index contributed by atoms with van der Waals surface area (Å²) >= 11 is 0. The molecule has 2 N–H and O–H groups in total. The summed E-state index contributed by atoms with van der Waals surface area (Å²) in [6, 6.07) is 0.387. The van der Waals surface area contributed by atoms with Gasteiger partial charge in [-0.2, -0.15) is 0 Å². The molecule has 0 bridgehead atoms. The summed E-state index contributed by atoms with van der Waals surface area (Å²) in [5.41, 5.74) is 0. The van der Waals surface area contributed by atoms with Gasteiger partial charge >= 0.3 is 0 Å². The van der Waals surface area contributed by atoms with Crippen LogP contribution >= 0.6 is 0 Å². The van der Waals surface area contributed by atoms with E-state index >= 15 is 0 Å². The molecular formula is C7H9N2O2. The molecule has 1 heterocycles. The molecule has 0 saturated carbocycles. The first kappa shape index (κ1) is 7.94. The summed E-state index contributed by atoms with van der Waals surface area (Å²) in [5.74, 6) is -0.246. The Hall–Kier alpha value is -1.16. The molecule has 1 rings (SSSR count). The fourth-order valence-electron chi connectivity index (χ4n) is 0.695. The predicted molar refractivity (Wildman–Crippen MR) is 41.0 cm³/mol. The van der Waals surface area contributed by atoms with Crippen LogP contribution in [0.1, 0.15) is 0 Å². The Kier molecular flexibility index (Phi) is 2.80. The van der Waals surface area contributed by atoms with Crippen molar-refractivity contribution in [3.8, 4) is 0 Å². The minimum absolute atomic E-state index is 0.0492. The maximum Gasteiger partial charge on any atom is 0.255 e. The maximum atomic E-state index is 11.0. The second-order valence-electron chi connectivity index (χ2n) is 2.00. The molecule has 1 aliphatic rings. The molecular weight excluding hydrogens is 144 g/mol. The van der Waals surface area contributed by atoms with E-state index in [0.717, 1.165) is 0 Å². The molecule has 11 heavy (non-hydrogen) atoms. The summed E-state index contributed by atoms with van der Waals surface area (Å²) in [6.45, 7) is 0.220. The van der Waals surface area contributed by atoms with Gasteiger partial charge in [0, 0.05) is 12.8 Å². The van der Waals surface area contributed by atoms with Crippen LogP contribution in [0.3, 0.4) is 0 Å². The number of aliphatic imine (C=N–C) groups is 1. The molecule has 0 aromatic carbocycles. The molecule has 0 fully saturated rings. The third kappa shape index (κ3) is 2.16. The quantitative estimate of drug-likeness (QED) is 0.561. The number of nitrogens with one attached hydrogen (secondary N) is 1. The molecule has 0 saturated heterocycles. The molecule has 59 valence electrons. The zero-order valence-corrected chi connectivity index (χ0v) is 5.95. The third-order valence-electron chi connectivity index (χ3n) is 1.18. The van der Waals surface area contributed by atoms with Gasteiger partial charge in [0.15, 0.2) is 6.04 Å². The normalized spacial score (nSPS) is 15.7. The van der Waals surface area contributed by atoms with Gasteiger partial charge in [-0.3, -0.25) is 9.79 Å². The first-order valence-electron chi connectivity index (χ1n) is 3.31. The van der Waals surface area contributed by atoms with E-state index < -0.39 is 0 Å². The van der Waals surface area contributed by atoms with Crippen LogP contribution in [0.15, 0.2) is 17.1 Å². The van der Waals surface area contributed by atoms with Gasteiger partial charge in [0.2, 0.25) is 0 Å². The van der Waals surface area contributed by atoms with Crippen molar-refractivity contribution in [2.24, 2.45) is 4.99 Å². The van der Waals surface area contributed by atoms with Crippen molar-refractivity contribution >= 4 is 12.1 Å². The Labute approximate surface area is 64.6 Å². The molecule has 1 aliphatic heterocycles. The monoisotopic (exact) mass is 153 g/mol. The molecule has 0 aliphatic carbocycles. The molecule has 1 radical (unpaired) electrons.